The first-order valence-corrected chi connectivity index (χ1v) is 22.2. The molecular formula is C46H64BBrN2O12. The smallest absolute Gasteiger partial charge is 0.494 e. The third-order valence-electron chi connectivity index (χ3n) is 10.7. The summed E-state index contributed by atoms with van der Waals surface area (Å²) in [7, 11) is 2.36. The fourth-order valence-electron chi connectivity index (χ4n) is 6.39. The molecule has 1 aliphatic heterocycles. The lowest BCUT2D eigenvalue weighted by Crippen LogP contribution is -2.41. The predicted octanol–water partition coefficient (Wildman–Crippen LogP) is 9.49. The molecule has 1 fully saturated rings. The molecule has 16 heteroatoms. The van der Waals surface area contributed by atoms with Gasteiger partial charge in [-0.15, -0.1) is 0 Å². The van der Waals surface area contributed by atoms with Gasteiger partial charge in [0.2, 0.25) is 0 Å². The first-order chi connectivity index (χ1) is 29.5. The number of carbonyl (C=O) groups excluding carboxylic acids is 2. The predicted molar refractivity (Wildman–Crippen MR) is 238 cm³/mol. The van der Waals surface area contributed by atoms with Crippen LogP contribution >= 0.6 is 15.9 Å². The summed E-state index contributed by atoms with van der Waals surface area (Å²) in [5.74, 6) is 1.82. The van der Waals surface area contributed by atoms with Crippen LogP contribution < -0.4 is 24.4 Å². The van der Waals surface area contributed by atoms with E-state index in [0.29, 0.717) is 49.7 Å². The summed E-state index contributed by atoms with van der Waals surface area (Å²) in [5.41, 5.74) is 0.272. The first-order valence-electron chi connectivity index (χ1n) is 21.4. The standard InChI is InChI=1S/C26H38BNO7.C20H26BrNO5/c1-18(2)23(24(29)30-7)21-17-22(28-33-21)32-16-10-8-9-15-31-20-13-11-19(12-14-20)27-34-25(3,4)26(5,6)35-27;1-14(2)19(20(23)24-3)17-13-18(22-27-17)26-12-6-4-5-11-25-16-9-7-15(21)8-10-16/h11-14,17-18,23H,8-10,15-16H2,1-7H3;7-10,13-14,19H,4-6,11-12H2,1-3H3. The highest BCUT2D eigenvalue weighted by Gasteiger charge is 2.51. The lowest BCUT2D eigenvalue weighted by molar-refractivity contribution is -0.145. The molecule has 1 saturated heterocycles. The molecule has 5 rings (SSSR count). The van der Waals surface area contributed by atoms with Gasteiger partial charge in [0.05, 0.1) is 51.8 Å². The van der Waals surface area contributed by atoms with Gasteiger partial charge in [0.15, 0.2) is 11.5 Å². The van der Waals surface area contributed by atoms with Gasteiger partial charge in [-0.05, 0) is 130 Å². The van der Waals surface area contributed by atoms with E-state index in [1.165, 1.54) is 14.2 Å². The number of benzene rings is 2. The Hall–Kier alpha value is -4.54. The topological polar surface area (TPSA) is 160 Å². The van der Waals surface area contributed by atoms with Crippen molar-refractivity contribution in [2.24, 2.45) is 11.8 Å². The van der Waals surface area contributed by atoms with Crippen molar-refractivity contribution in [3.8, 4) is 23.3 Å². The molecule has 0 radical (unpaired) electrons. The quantitative estimate of drug-likeness (QED) is 0.0393. The van der Waals surface area contributed by atoms with Crippen LogP contribution in [0.5, 0.6) is 23.3 Å². The molecule has 14 nitrogen and oxygen atoms in total. The Morgan fingerprint density at radius 2 is 0.968 bits per heavy atom. The Labute approximate surface area is 375 Å². The number of carbonyl (C=O) groups is 2. The van der Waals surface area contributed by atoms with Crippen LogP contribution in [0.3, 0.4) is 0 Å². The lowest BCUT2D eigenvalue weighted by atomic mass is 9.79. The van der Waals surface area contributed by atoms with Crippen molar-refractivity contribution < 1.29 is 56.4 Å². The minimum Gasteiger partial charge on any atom is -0.494 e. The van der Waals surface area contributed by atoms with Gasteiger partial charge in [-0.25, -0.2) is 0 Å². The third-order valence-corrected chi connectivity index (χ3v) is 11.2. The number of halogens is 1. The van der Waals surface area contributed by atoms with Crippen LogP contribution in [0.15, 0.2) is 74.2 Å². The van der Waals surface area contributed by atoms with Gasteiger partial charge in [0.1, 0.15) is 23.3 Å². The first kappa shape index (κ1) is 50.1. The highest BCUT2D eigenvalue weighted by atomic mass is 79.9. The van der Waals surface area contributed by atoms with Crippen molar-refractivity contribution in [2.45, 2.75) is 117 Å². The minimum absolute atomic E-state index is 0.0307. The number of methoxy groups -OCH3 is 2. The van der Waals surface area contributed by atoms with Crippen molar-refractivity contribution in [3.63, 3.8) is 0 Å². The van der Waals surface area contributed by atoms with Crippen molar-refractivity contribution in [1.82, 2.24) is 10.3 Å². The summed E-state index contributed by atoms with van der Waals surface area (Å²) in [6.45, 7) is 18.3. The maximum absolute atomic E-state index is 12.0. The van der Waals surface area contributed by atoms with E-state index in [2.05, 4.69) is 26.2 Å². The van der Waals surface area contributed by atoms with Gasteiger partial charge >= 0.3 is 19.1 Å². The van der Waals surface area contributed by atoms with Crippen LogP contribution in [0.4, 0.5) is 0 Å². The van der Waals surface area contributed by atoms with Gasteiger partial charge in [0, 0.05) is 16.6 Å². The summed E-state index contributed by atoms with van der Waals surface area (Å²) in [5, 5.41) is 7.80. The number of aromatic nitrogens is 2. The van der Waals surface area contributed by atoms with Crippen LogP contribution in [0, 0.1) is 11.8 Å². The molecule has 62 heavy (non-hydrogen) atoms. The summed E-state index contributed by atoms with van der Waals surface area (Å²) in [6.07, 6.45) is 5.53. The molecule has 1 aliphatic rings. The second-order valence-corrected chi connectivity index (χ2v) is 17.7. The molecule has 2 unspecified atom stereocenters. The lowest BCUT2D eigenvalue weighted by Gasteiger charge is -2.32. The van der Waals surface area contributed by atoms with Gasteiger partial charge in [-0.3, -0.25) is 9.59 Å². The maximum atomic E-state index is 12.0. The summed E-state index contributed by atoms with van der Waals surface area (Å²) < 4.78 is 56.3. The molecule has 3 heterocycles. The van der Waals surface area contributed by atoms with Gasteiger partial charge in [-0.1, -0.05) is 55.8 Å². The number of nitrogens with zero attached hydrogens (tertiary/aromatic N) is 2. The third kappa shape index (κ3) is 15.1. The summed E-state index contributed by atoms with van der Waals surface area (Å²) in [6, 6.07) is 19.0. The molecule has 0 aliphatic carbocycles. The Kier molecular flexibility index (Phi) is 19.7. The van der Waals surface area contributed by atoms with Gasteiger partial charge in [0.25, 0.3) is 11.8 Å². The molecule has 2 aromatic carbocycles. The van der Waals surface area contributed by atoms with Crippen molar-refractivity contribution >= 4 is 40.4 Å². The molecule has 4 aromatic rings. The van der Waals surface area contributed by atoms with E-state index < -0.39 is 11.8 Å². The minimum atomic E-state index is -0.493. The van der Waals surface area contributed by atoms with Crippen LogP contribution in [0.2, 0.25) is 0 Å². The molecule has 0 saturated carbocycles. The Morgan fingerprint density at radius 3 is 1.34 bits per heavy atom. The fourth-order valence-corrected chi connectivity index (χ4v) is 6.65. The zero-order valence-corrected chi connectivity index (χ0v) is 39.5. The number of rotatable bonds is 23. The van der Waals surface area contributed by atoms with Gasteiger partial charge < -0.3 is 46.8 Å². The second-order valence-electron chi connectivity index (χ2n) is 16.8. The van der Waals surface area contributed by atoms with Crippen LogP contribution in [0.25, 0.3) is 0 Å². The Balaban J connectivity index is 0.000000282. The SMILES string of the molecule is COC(=O)C(c1cc(OCCCCCOc2ccc(B3OC(C)(C)C(C)(C)O3)cc2)no1)C(C)C.COC(=O)C(c1cc(OCCCCCOc2ccc(Br)cc2)no1)C(C)C. The summed E-state index contributed by atoms with van der Waals surface area (Å²) in [4.78, 5) is 23.9. The van der Waals surface area contributed by atoms with E-state index in [-0.39, 0.29) is 42.1 Å². The molecule has 0 amide bonds. The average molecular weight is 928 g/mol. The molecule has 0 spiro atoms. The van der Waals surface area contributed by atoms with E-state index in [0.717, 1.165) is 60.0 Å². The number of esters is 2. The molecule has 340 valence electrons. The largest absolute Gasteiger partial charge is 0.494 e. The number of unbranched alkanes of at least 4 members (excludes halogenated alkanes) is 4. The normalized spacial score (nSPS) is 15.1. The molecule has 2 atom stereocenters. The van der Waals surface area contributed by atoms with Crippen molar-refractivity contribution in [2.75, 3.05) is 40.6 Å². The van der Waals surface area contributed by atoms with E-state index in [9.17, 15) is 9.59 Å². The van der Waals surface area contributed by atoms with Crippen LogP contribution in [0.1, 0.15) is 117 Å². The van der Waals surface area contributed by atoms with Crippen molar-refractivity contribution in [1.29, 1.82) is 0 Å². The zero-order valence-electron chi connectivity index (χ0n) is 37.9. The Bertz CT molecular complexity index is 1910. The highest BCUT2D eigenvalue weighted by molar-refractivity contribution is 9.10. The van der Waals surface area contributed by atoms with E-state index >= 15 is 0 Å². The van der Waals surface area contributed by atoms with Crippen molar-refractivity contribution in [3.05, 3.63) is 76.7 Å². The number of ether oxygens (including phenoxy) is 6. The number of hydrogen-bond acceptors (Lipinski definition) is 14. The fraction of sp³-hybridized carbons (Fsp3) is 0.565. The van der Waals surface area contributed by atoms with Crippen LogP contribution in [-0.2, 0) is 28.4 Å². The van der Waals surface area contributed by atoms with E-state index in [4.69, 9.17) is 46.8 Å². The highest BCUT2D eigenvalue weighted by Crippen LogP contribution is 2.36. The second kappa shape index (κ2) is 24.3. The molecule has 0 N–H and O–H groups in total. The maximum Gasteiger partial charge on any atom is 0.494 e. The Morgan fingerprint density at radius 1 is 0.597 bits per heavy atom. The molecular weight excluding hydrogens is 863 g/mol. The molecule has 0 bridgehead atoms. The molecule has 2 aromatic heterocycles. The zero-order chi connectivity index (χ0) is 45.3. The van der Waals surface area contributed by atoms with E-state index in [1.807, 2.05) is 104 Å². The van der Waals surface area contributed by atoms with E-state index in [1.54, 1.807) is 12.1 Å². The summed E-state index contributed by atoms with van der Waals surface area (Å²) >= 11 is 3.40. The monoisotopic (exact) mass is 926 g/mol. The van der Waals surface area contributed by atoms with Crippen LogP contribution in [-0.4, -0.2) is 81.2 Å². The number of hydrogen-bond donors (Lipinski definition) is 0. The average Bonchev–Trinajstić information content (AvgIpc) is 3.95. The van der Waals surface area contributed by atoms with Gasteiger partial charge in [-0.2, -0.15) is 0 Å².